The molecule has 2 aromatic carbocycles. The van der Waals surface area contributed by atoms with Gasteiger partial charge in [0.05, 0.1) is 4.92 Å². The number of hydrogen-bond acceptors (Lipinski definition) is 8. The van der Waals surface area contributed by atoms with Gasteiger partial charge in [-0.3, -0.25) is 24.4 Å². The molecule has 0 radical (unpaired) electrons. The van der Waals surface area contributed by atoms with Crippen molar-refractivity contribution in [1.82, 2.24) is 19.5 Å². The molecule has 1 N–H and O–H groups in total. The van der Waals surface area contributed by atoms with Gasteiger partial charge in [0.15, 0.2) is 5.69 Å². The molecule has 0 spiro atoms. The van der Waals surface area contributed by atoms with Gasteiger partial charge in [0, 0.05) is 31.4 Å². The summed E-state index contributed by atoms with van der Waals surface area (Å²) >= 11 is 0. The minimum absolute atomic E-state index is 0.0500. The van der Waals surface area contributed by atoms with E-state index in [9.17, 15) is 14.9 Å². The summed E-state index contributed by atoms with van der Waals surface area (Å²) in [5, 5.41) is 15.1. The molecule has 1 aliphatic heterocycles. The van der Waals surface area contributed by atoms with Crippen LogP contribution < -0.4 is 15.8 Å². The van der Waals surface area contributed by atoms with E-state index in [4.69, 9.17) is 0 Å². The first kappa shape index (κ1) is 22.2. The van der Waals surface area contributed by atoms with Gasteiger partial charge in [-0.2, -0.15) is 4.98 Å². The Labute approximate surface area is 201 Å². The molecule has 0 unspecified atom stereocenters. The number of anilines is 3. The monoisotopic (exact) mass is 469 g/mol. The van der Waals surface area contributed by atoms with E-state index >= 15 is 0 Å². The number of hydrogen-bond donors (Lipinski definition) is 1. The van der Waals surface area contributed by atoms with E-state index in [2.05, 4.69) is 32.4 Å². The smallest absolute Gasteiger partial charge is 0.354 e. The van der Waals surface area contributed by atoms with E-state index < -0.39 is 16.2 Å². The molecule has 0 amide bonds. The summed E-state index contributed by atoms with van der Waals surface area (Å²) in [6, 6.07) is 20.6. The Bertz CT molecular complexity index is 1410. The number of nitro groups is 1. The third-order valence-electron chi connectivity index (χ3n) is 5.82. The Morgan fingerprint density at radius 3 is 2.46 bits per heavy atom. The molecule has 0 saturated heterocycles. The van der Waals surface area contributed by atoms with Crippen LogP contribution in [0.1, 0.15) is 12.0 Å². The maximum Gasteiger partial charge on any atom is 0.360 e. The highest BCUT2D eigenvalue weighted by atomic mass is 16.6. The predicted molar refractivity (Wildman–Crippen MR) is 133 cm³/mol. The first-order valence-electron chi connectivity index (χ1n) is 11.3. The molecule has 176 valence electrons. The second-order valence-electron chi connectivity index (χ2n) is 8.09. The van der Waals surface area contributed by atoms with Gasteiger partial charge < -0.3 is 5.32 Å². The highest BCUT2D eigenvalue weighted by Gasteiger charge is 2.31. The van der Waals surface area contributed by atoms with Crippen LogP contribution in [0.5, 0.6) is 0 Å². The average Bonchev–Trinajstić information content (AvgIpc) is 2.89. The van der Waals surface area contributed by atoms with Gasteiger partial charge >= 0.3 is 11.2 Å². The first-order chi connectivity index (χ1) is 17.1. The highest BCUT2D eigenvalue weighted by molar-refractivity contribution is 5.71. The largest absolute Gasteiger partial charge is 0.360 e. The van der Waals surface area contributed by atoms with Crippen molar-refractivity contribution in [3.05, 3.63) is 99.0 Å². The number of nitrogens with one attached hydrogen (secondary N) is 1. The molecule has 2 aromatic heterocycles. The summed E-state index contributed by atoms with van der Waals surface area (Å²) in [7, 11) is 0. The van der Waals surface area contributed by atoms with Crippen molar-refractivity contribution in [2.24, 2.45) is 0 Å². The molecule has 4 aromatic rings. The van der Waals surface area contributed by atoms with Crippen LogP contribution in [0, 0.1) is 10.1 Å². The molecule has 0 atom stereocenters. The molecule has 0 bridgehead atoms. The lowest BCUT2D eigenvalue weighted by Gasteiger charge is -2.30. The van der Waals surface area contributed by atoms with Crippen molar-refractivity contribution in [3.63, 3.8) is 0 Å². The predicted octanol–water partition coefficient (Wildman–Crippen LogP) is 3.80. The van der Waals surface area contributed by atoms with Crippen molar-refractivity contribution in [1.29, 1.82) is 0 Å². The van der Waals surface area contributed by atoms with Crippen LogP contribution >= 0.6 is 0 Å². The van der Waals surface area contributed by atoms with E-state index in [0.29, 0.717) is 49.3 Å². The van der Waals surface area contributed by atoms with Gasteiger partial charge in [0.25, 0.3) is 0 Å². The van der Waals surface area contributed by atoms with E-state index in [0.717, 1.165) is 6.42 Å². The minimum Gasteiger partial charge on any atom is -0.354 e. The van der Waals surface area contributed by atoms with Crippen molar-refractivity contribution in [2.45, 2.75) is 19.4 Å². The van der Waals surface area contributed by atoms with Gasteiger partial charge in [-0.25, -0.2) is 9.97 Å². The van der Waals surface area contributed by atoms with Crippen LogP contribution in [0.3, 0.4) is 0 Å². The number of aromatic nitrogens is 4. The molecule has 5 rings (SSSR count). The van der Waals surface area contributed by atoms with Crippen molar-refractivity contribution >= 4 is 23.4 Å². The second kappa shape index (κ2) is 9.72. The Hall–Kier alpha value is -4.60. The zero-order chi connectivity index (χ0) is 24.2. The standard InChI is InChI=1S/C25H23N7O3/c33-23-22(32(34)35)21(19-10-5-2-6-11-19)29-25-30(16-7-17-31(23)25)20-13-15-27-24(28-20)26-14-12-18-8-3-1-4-9-18/h1-6,8-11,13,15H,7,12,14,16-17H2,(H,26,27,28). The first-order valence-corrected chi connectivity index (χ1v) is 11.3. The number of fused-ring (bicyclic) bond motifs is 1. The molecule has 10 heteroatoms. The summed E-state index contributed by atoms with van der Waals surface area (Å²) in [5.74, 6) is 1.36. The van der Waals surface area contributed by atoms with Gasteiger partial charge in [-0.05, 0) is 24.5 Å². The van der Waals surface area contributed by atoms with Gasteiger partial charge in [-0.1, -0.05) is 60.7 Å². The fourth-order valence-corrected chi connectivity index (χ4v) is 4.15. The lowest BCUT2D eigenvalue weighted by Crippen LogP contribution is -2.37. The zero-order valence-electron chi connectivity index (χ0n) is 18.9. The quantitative estimate of drug-likeness (QED) is 0.321. The number of rotatable bonds is 7. The lowest BCUT2D eigenvalue weighted by atomic mass is 10.1. The summed E-state index contributed by atoms with van der Waals surface area (Å²) in [6.45, 7) is 1.58. The molecule has 0 fully saturated rings. The van der Waals surface area contributed by atoms with Crippen LogP contribution in [-0.2, 0) is 13.0 Å². The van der Waals surface area contributed by atoms with E-state index in [1.54, 1.807) is 42.6 Å². The van der Waals surface area contributed by atoms with Crippen LogP contribution in [-0.4, -0.2) is 37.5 Å². The molecule has 1 aliphatic rings. The Kier molecular flexibility index (Phi) is 6.16. The van der Waals surface area contributed by atoms with E-state index in [1.807, 2.05) is 23.1 Å². The molecular weight excluding hydrogens is 446 g/mol. The van der Waals surface area contributed by atoms with Gasteiger partial charge in [0.1, 0.15) is 5.82 Å². The number of nitrogens with zero attached hydrogens (tertiary/aromatic N) is 6. The summed E-state index contributed by atoms with van der Waals surface area (Å²) in [6.07, 6.45) is 3.09. The SMILES string of the molecule is O=c1c([N+](=O)[O-])c(-c2ccccc2)nc2n1CCCN2c1ccnc(NCCc2ccccc2)n1. The van der Waals surface area contributed by atoms with Crippen LogP contribution in [0.15, 0.2) is 77.7 Å². The fourth-order valence-electron chi connectivity index (χ4n) is 4.15. The third kappa shape index (κ3) is 4.58. The van der Waals surface area contributed by atoms with Crippen LogP contribution in [0.25, 0.3) is 11.3 Å². The topological polar surface area (TPSA) is 119 Å². The molecule has 3 heterocycles. The summed E-state index contributed by atoms with van der Waals surface area (Å²) in [4.78, 5) is 39.7. The van der Waals surface area contributed by atoms with Gasteiger partial charge in [-0.15, -0.1) is 0 Å². The Morgan fingerprint density at radius 1 is 0.971 bits per heavy atom. The lowest BCUT2D eigenvalue weighted by molar-refractivity contribution is -0.386. The van der Waals surface area contributed by atoms with Crippen molar-refractivity contribution in [2.75, 3.05) is 23.3 Å². The van der Waals surface area contributed by atoms with Crippen LogP contribution in [0.2, 0.25) is 0 Å². The average molecular weight is 470 g/mol. The third-order valence-corrected chi connectivity index (χ3v) is 5.82. The van der Waals surface area contributed by atoms with Crippen LogP contribution in [0.4, 0.5) is 23.4 Å². The molecule has 0 aliphatic carbocycles. The fraction of sp³-hybridized carbons (Fsp3) is 0.200. The Balaban J connectivity index is 1.48. The Morgan fingerprint density at radius 2 is 1.71 bits per heavy atom. The molecule has 0 saturated carbocycles. The van der Waals surface area contributed by atoms with Gasteiger partial charge in [0.2, 0.25) is 11.9 Å². The van der Waals surface area contributed by atoms with Crippen molar-refractivity contribution in [3.8, 4) is 11.3 Å². The molecule has 35 heavy (non-hydrogen) atoms. The van der Waals surface area contributed by atoms with Crippen molar-refractivity contribution < 1.29 is 4.92 Å². The summed E-state index contributed by atoms with van der Waals surface area (Å²) in [5.41, 5.74) is 0.580. The maximum absolute atomic E-state index is 13.2. The van der Waals surface area contributed by atoms with E-state index in [-0.39, 0.29) is 5.69 Å². The molecular formula is C25H23N7O3. The zero-order valence-corrected chi connectivity index (χ0v) is 18.9. The normalized spacial score (nSPS) is 12.7. The van der Waals surface area contributed by atoms with E-state index in [1.165, 1.54) is 10.1 Å². The summed E-state index contributed by atoms with van der Waals surface area (Å²) < 4.78 is 1.36. The highest BCUT2D eigenvalue weighted by Crippen LogP contribution is 2.31. The minimum atomic E-state index is -0.668. The maximum atomic E-state index is 13.2. The number of benzene rings is 2. The second-order valence-corrected chi connectivity index (χ2v) is 8.09. The molecule has 10 nitrogen and oxygen atoms in total.